The minimum atomic E-state index is -0.481. The highest BCUT2D eigenvalue weighted by Crippen LogP contribution is 2.18. The first-order chi connectivity index (χ1) is 10.3. The lowest BCUT2D eigenvalue weighted by Crippen LogP contribution is -2.33. The Kier molecular flexibility index (Phi) is 6.70. The van der Waals surface area contributed by atoms with Crippen molar-refractivity contribution in [2.45, 2.75) is 38.2 Å². The molecule has 0 aliphatic carbocycles. The van der Waals surface area contributed by atoms with Crippen molar-refractivity contribution in [1.82, 2.24) is 5.32 Å². The van der Waals surface area contributed by atoms with E-state index in [0.717, 1.165) is 31.6 Å². The fourth-order valence-corrected chi connectivity index (χ4v) is 2.61. The van der Waals surface area contributed by atoms with Gasteiger partial charge < -0.3 is 15.2 Å². The molecule has 0 unspecified atom stereocenters. The van der Waals surface area contributed by atoms with E-state index in [1.165, 1.54) is 0 Å². The van der Waals surface area contributed by atoms with Crippen molar-refractivity contribution in [3.8, 4) is 0 Å². The molecule has 2 atom stereocenters. The van der Waals surface area contributed by atoms with Crippen LogP contribution < -0.4 is 5.32 Å². The van der Waals surface area contributed by atoms with Crippen LogP contribution in [0.4, 0.5) is 0 Å². The Morgan fingerprint density at radius 1 is 1.38 bits per heavy atom. The summed E-state index contributed by atoms with van der Waals surface area (Å²) in [5.74, 6) is 0.526. The van der Waals surface area contributed by atoms with E-state index in [2.05, 4.69) is 5.32 Å². The minimum absolute atomic E-state index is 0.0702. The molecule has 1 saturated heterocycles. The standard InChI is InChI=1S/C17H25NO3/c19-16(15-7-2-1-3-8-15)9-4-10-17(20)18-12-14-6-5-11-21-13-14/h1-3,7-8,14,16,19H,4-6,9-13H2,(H,18,20)/t14-,16-/m1/s1. The molecule has 2 N–H and O–H groups in total. The van der Waals surface area contributed by atoms with Crippen molar-refractivity contribution in [3.05, 3.63) is 35.9 Å². The van der Waals surface area contributed by atoms with Crippen LogP contribution >= 0.6 is 0 Å². The SMILES string of the molecule is O=C(CCC[C@@H](O)c1ccccc1)NC[C@H]1CCCOC1. The Labute approximate surface area is 126 Å². The maximum atomic E-state index is 11.8. The van der Waals surface area contributed by atoms with Gasteiger partial charge in [-0.1, -0.05) is 30.3 Å². The number of amides is 1. The Morgan fingerprint density at radius 3 is 2.90 bits per heavy atom. The van der Waals surface area contributed by atoms with Gasteiger partial charge in [0.2, 0.25) is 5.91 Å². The number of carbonyl (C=O) groups excluding carboxylic acids is 1. The van der Waals surface area contributed by atoms with Gasteiger partial charge in [-0.15, -0.1) is 0 Å². The van der Waals surface area contributed by atoms with E-state index in [1.54, 1.807) is 0 Å². The van der Waals surface area contributed by atoms with Crippen molar-refractivity contribution in [2.75, 3.05) is 19.8 Å². The lowest BCUT2D eigenvalue weighted by atomic mass is 10.0. The summed E-state index contributed by atoms with van der Waals surface area (Å²) in [6.07, 6.45) is 3.52. The normalized spacial score (nSPS) is 20.0. The van der Waals surface area contributed by atoms with Crippen LogP contribution in [-0.2, 0) is 9.53 Å². The van der Waals surface area contributed by atoms with Gasteiger partial charge in [-0.05, 0) is 37.2 Å². The van der Waals surface area contributed by atoms with Crippen LogP contribution in [0.5, 0.6) is 0 Å². The molecule has 1 aliphatic rings. The third kappa shape index (κ3) is 5.86. The van der Waals surface area contributed by atoms with Crippen LogP contribution in [0.25, 0.3) is 0 Å². The summed E-state index contributed by atoms with van der Waals surface area (Å²) in [7, 11) is 0. The first-order valence-corrected chi connectivity index (χ1v) is 7.83. The van der Waals surface area contributed by atoms with Crippen molar-refractivity contribution >= 4 is 5.91 Å². The van der Waals surface area contributed by atoms with Crippen molar-refractivity contribution in [2.24, 2.45) is 5.92 Å². The fraction of sp³-hybridized carbons (Fsp3) is 0.588. The predicted octanol–water partition coefficient (Wildman–Crippen LogP) is 2.43. The Balaban J connectivity index is 1.58. The van der Waals surface area contributed by atoms with Gasteiger partial charge in [-0.2, -0.15) is 0 Å². The number of nitrogens with one attached hydrogen (secondary N) is 1. The van der Waals surface area contributed by atoms with Crippen molar-refractivity contribution in [1.29, 1.82) is 0 Å². The van der Waals surface area contributed by atoms with Crippen LogP contribution in [0.2, 0.25) is 0 Å². The molecule has 21 heavy (non-hydrogen) atoms. The second-order valence-electron chi connectivity index (χ2n) is 5.71. The smallest absolute Gasteiger partial charge is 0.220 e. The van der Waals surface area contributed by atoms with Crippen LogP contribution in [-0.4, -0.2) is 30.8 Å². The second kappa shape index (κ2) is 8.80. The lowest BCUT2D eigenvalue weighted by molar-refractivity contribution is -0.121. The Bertz CT molecular complexity index is 415. The maximum absolute atomic E-state index is 11.8. The summed E-state index contributed by atoms with van der Waals surface area (Å²) in [6.45, 7) is 2.31. The Morgan fingerprint density at radius 2 is 2.19 bits per heavy atom. The molecule has 1 aromatic rings. The van der Waals surface area contributed by atoms with E-state index in [4.69, 9.17) is 4.74 Å². The van der Waals surface area contributed by atoms with Gasteiger partial charge in [0.05, 0.1) is 12.7 Å². The summed E-state index contributed by atoms with van der Waals surface area (Å²) in [6, 6.07) is 9.58. The number of ether oxygens (including phenoxy) is 1. The number of aliphatic hydroxyl groups is 1. The molecule has 1 amide bonds. The number of rotatable bonds is 7. The first-order valence-electron chi connectivity index (χ1n) is 7.83. The average molecular weight is 291 g/mol. The number of hydrogen-bond acceptors (Lipinski definition) is 3. The van der Waals surface area contributed by atoms with E-state index < -0.39 is 6.10 Å². The van der Waals surface area contributed by atoms with Crippen LogP contribution in [0, 0.1) is 5.92 Å². The Hall–Kier alpha value is -1.39. The van der Waals surface area contributed by atoms with Gasteiger partial charge >= 0.3 is 0 Å². The number of benzene rings is 1. The van der Waals surface area contributed by atoms with E-state index in [-0.39, 0.29) is 5.91 Å². The third-order valence-electron chi connectivity index (χ3n) is 3.91. The fourth-order valence-electron chi connectivity index (χ4n) is 2.61. The predicted molar refractivity (Wildman–Crippen MR) is 81.8 cm³/mol. The van der Waals surface area contributed by atoms with E-state index in [0.29, 0.717) is 31.7 Å². The van der Waals surface area contributed by atoms with Gasteiger partial charge in [-0.25, -0.2) is 0 Å². The molecule has 0 saturated carbocycles. The van der Waals surface area contributed by atoms with Crippen LogP contribution in [0.1, 0.15) is 43.8 Å². The van der Waals surface area contributed by atoms with E-state index >= 15 is 0 Å². The first kappa shape index (κ1) is 16.0. The molecule has 0 bridgehead atoms. The monoisotopic (exact) mass is 291 g/mol. The number of hydrogen-bond donors (Lipinski definition) is 2. The molecule has 0 aromatic heterocycles. The molecular formula is C17H25NO3. The zero-order chi connectivity index (χ0) is 14.9. The molecule has 0 radical (unpaired) electrons. The summed E-state index contributed by atoms with van der Waals surface area (Å²) >= 11 is 0. The molecule has 116 valence electrons. The van der Waals surface area contributed by atoms with Crippen LogP contribution in [0.3, 0.4) is 0 Å². The van der Waals surface area contributed by atoms with Gasteiger partial charge in [0.25, 0.3) is 0 Å². The number of aliphatic hydroxyl groups excluding tert-OH is 1. The maximum Gasteiger partial charge on any atom is 0.220 e. The molecule has 1 fully saturated rings. The zero-order valence-corrected chi connectivity index (χ0v) is 12.5. The largest absolute Gasteiger partial charge is 0.388 e. The minimum Gasteiger partial charge on any atom is -0.388 e. The zero-order valence-electron chi connectivity index (χ0n) is 12.5. The summed E-state index contributed by atoms with van der Waals surface area (Å²) < 4.78 is 5.39. The lowest BCUT2D eigenvalue weighted by Gasteiger charge is -2.22. The molecular weight excluding hydrogens is 266 g/mol. The van der Waals surface area contributed by atoms with Gasteiger partial charge in [0.15, 0.2) is 0 Å². The summed E-state index contributed by atoms with van der Waals surface area (Å²) in [5.41, 5.74) is 0.914. The van der Waals surface area contributed by atoms with Gasteiger partial charge in [0.1, 0.15) is 0 Å². The van der Waals surface area contributed by atoms with Gasteiger partial charge in [0, 0.05) is 19.6 Å². The molecule has 0 spiro atoms. The van der Waals surface area contributed by atoms with Crippen molar-refractivity contribution < 1.29 is 14.6 Å². The highest BCUT2D eigenvalue weighted by atomic mass is 16.5. The molecule has 1 heterocycles. The topological polar surface area (TPSA) is 58.6 Å². The molecule has 2 rings (SSSR count). The summed E-state index contributed by atoms with van der Waals surface area (Å²) in [5, 5.41) is 13.0. The highest BCUT2D eigenvalue weighted by molar-refractivity contribution is 5.75. The molecule has 4 heteroatoms. The van der Waals surface area contributed by atoms with Gasteiger partial charge in [-0.3, -0.25) is 4.79 Å². The highest BCUT2D eigenvalue weighted by Gasteiger charge is 2.15. The van der Waals surface area contributed by atoms with Crippen molar-refractivity contribution in [3.63, 3.8) is 0 Å². The second-order valence-corrected chi connectivity index (χ2v) is 5.71. The van der Waals surface area contributed by atoms with E-state index in [1.807, 2.05) is 30.3 Å². The van der Waals surface area contributed by atoms with E-state index in [9.17, 15) is 9.90 Å². The molecule has 1 aliphatic heterocycles. The third-order valence-corrected chi connectivity index (χ3v) is 3.91. The quantitative estimate of drug-likeness (QED) is 0.811. The average Bonchev–Trinajstić information content (AvgIpc) is 2.54. The number of carbonyl (C=O) groups is 1. The van der Waals surface area contributed by atoms with Crippen LogP contribution in [0.15, 0.2) is 30.3 Å². The molecule has 4 nitrogen and oxygen atoms in total. The molecule has 1 aromatic carbocycles. The summed E-state index contributed by atoms with van der Waals surface area (Å²) in [4.78, 5) is 11.8.